The lowest BCUT2D eigenvalue weighted by atomic mass is 10.0. The Labute approximate surface area is 115 Å². The minimum absolute atomic E-state index is 0.324. The Morgan fingerprint density at radius 3 is 3.05 bits per heavy atom. The van der Waals surface area contributed by atoms with Gasteiger partial charge in [0.2, 0.25) is 0 Å². The number of hydrogen-bond acceptors (Lipinski definition) is 4. The molecular weight excluding hydrogens is 240 g/mol. The first-order valence-electron chi connectivity index (χ1n) is 6.85. The third-order valence-electron chi connectivity index (χ3n) is 3.82. The highest BCUT2D eigenvalue weighted by Crippen LogP contribution is 2.32. The van der Waals surface area contributed by atoms with E-state index in [1.165, 1.54) is 11.1 Å². The number of aliphatic hydroxyl groups is 1. The summed E-state index contributed by atoms with van der Waals surface area (Å²) in [7, 11) is 1.65. The van der Waals surface area contributed by atoms with Gasteiger partial charge in [0.15, 0.2) is 0 Å². The van der Waals surface area contributed by atoms with Crippen LogP contribution >= 0.6 is 0 Å². The van der Waals surface area contributed by atoms with E-state index < -0.39 is 5.60 Å². The van der Waals surface area contributed by atoms with E-state index >= 15 is 0 Å². The number of nitrogen functional groups attached to an aromatic ring is 1. The summed E-state index contributed by atoms with van der Waals surface area (Å²) >= 11 is 0. The minimum Gasteiger partial charge on any atom is -0.399 e. The van der Waals surface area contributed by atoms with Crippen LogP contribution in [0.3, 0.4) is 0 Å². The summed E-state index contributed by atoms with van der Waals surface area (Å²) in [5.41, 5.74) is 8.54. The van der Waals surface area contributed by atoms with E-state index in [9.17, 15) is 5.11 Å². The quantitative estimate of drug-likeness (QED) is 0.683. The standard InChI is InChI=1S/C15H24N2O2/c1-15(18,7-8-19-2)10-17-14-6-3-11-9-12(16)4-5-13(11)14/h4-5,9,14,17-18H,3,6-8,10,16H2,1-2H3. The van der Waals surface area contributed by atoms with Gasteiger partial charge in [0.1, 0.15) is 0 Å². The zero-order valence-corrected chi connectivity index (χ0v) is 11.8. The number of hydrogen-bond donors (Lipinski definition) is 3. The summed E-state index contributed by atoms with van der Waals surface area (Å²) in [4.78, 5) is 0. The van der Waals surface area contributed by atoms with Crippen LogP contribution in [-0.4, -0.2) is 31.0 Å². The predicted octanol–water partition coefficient (Wildman–Crippen LogP) is 1.63. The summed E-state index contributed by atoms with van der Waals surface area (Å²) in [5.74, 6) is 0. The van der Waals surface area contributed by atoms with Crippen molar-refractivity contribution in [2.75, 3.05) is 26.0 Å². The van der Waals surface area contributed by atoms with Gasteiger partial charge in [0.25, 0.3) is 0 Å². The van der Waals surface area contributed by atoms with E-state index in [4.69, 9.17) is 10.5 Å². The fourth-order valence-corrected chi connectivity index (χ4v) is 2.60. The topological polar surface area (TPSA) is 67.5 Å². The third kappa shape index (κ3) is 3.69. The first-order valence-corrected chi connectivity index (χ1v) is 6.85. The zero-order valence-electron chi connectivity index (χ0n) is 11.8. The molecule has 1 aromatic rings. The van der Waals surface area contributed by atoms with Crippen molar-refractivity contribution in [1.82, 2.24) is 5.32 Å². The third-order valence-corrected chi connectivity index (χ3v) is 3.82. The maximum absolute atomic E-state index is 10.2. The molecule has 19 heavy (non-hydrogen) atoms. The minimum atomic E-state index is -0.730. The molecule has 0 bridgehead atoms. The molecule has 0 aromatic heterocycles. The van der Waals surface area contributed by atoms with Crippen molar-refractivity contribution in [3.63, 3.8) is 0 Å². The Bertz CT molecular complexity index is 432. The van der Waals surface area contributed by atoms with Crippen LogP contribution in [0.1, 0.15) is 36.9 Å². The van der Waals surface area contributed by atoms with E-state index in [-0.39, 0.29) is 0 Å². The summed E-state index contributed by atoms with van der Waals surface area (Å²) in [6, 6.07) is 6.42. The van der Waals surface area contributed by atoms with Crippen molar-refractivity contribution < 1.29 is 9.84 Å². The maximum atomic E-state index is 10.2. The molecule has 106 valence electrons. The van der Waals surface area contributed by atoms with Crippen LogP contribution < -0.4 is 11.1 Å². The van der Waals surface area contributed by atoms with Crippen LogP contribution in [0.2, 0.25) is 0 Å². The first kappa shape index (κ1) is 14.3. The largest absolute Gasteiger partial charge is 0.399 e. The second-order valence-corrected chi connectivity index (χ2v) is 5.67. The van der Waals surface area contributed by atoms with Crippen LogP contribution in [-0.2, 0) is 11.2 Å². The molecule has 0 heterocycles. The Kier molecular flexibility index (Phi) is 4.45. The average molecular weight is 264 g/mol. The molecule has 0 fully saturated rings. The van der Waals surface area contributed by atoms with Crippen molar-refractivity contribution in [1.29, 1.82) is 0 Å². The van der Waals surface area contributed by atoms with Gasteiger partial charge in [0.05, 0.1) is 5.60 Å². The average Bonchev–Trinajstić information content (AvgIpc) is 2.76. The molecule has 2 rings (SSSR count). The molecule has 4 nitrogen and oxygen atoms in total. The van der Waals surface area contributed by atoms with Crippen LogP contribution in [0.15, 0.2) is 18.2 Å². The molecule has 0 saturated carbocycles. The molecule has 4 heteroatoms. The summed E-state index contributed by atoms with van der Waals surface area (Å²) in [5, 5.41) is 13.7. The molecule has 1 aromatic carbocycles. The number of rotatable bonds is 6. The van der Waals surface area contributed by atoms with Gasteiger partial charge < -0.3 is 20.9 Å². The van der Waals surface area contributed by atoms with Gasteiger partial charge in [-0.2, -0.15) is 0 Å². The van der Waals surface area contributed by atoms with Gasteiger partial charge in [0, 0.05) is 38.4 Å². The van der Waals surface area contributed by atoms with Crippen LogP contribution in [0.4, 0.5) is 5.69 Å². The number of aryl methyl sites for hydroxylation is 1. The fourth-order valence-electron chi connectivity index (χ4n) is 2.60. The van der Waals surface area contributed by atoms with E-state index in [1.54, 1.807) is 7.11 Å². The van der Waals surface area contributed by atoms with Crippen LogP contribution in [0.25, 0.3) is 0 Å². The van der Waals surface area contributed by atoms with Gasteiger partial charge in [-0.05, 0) is 43.0 Å². The highest BCUT2D eigenvalue weighted by molar-refractivity contribution is 5.47. The smallest absolute Gasteiger partial charge is 0.0765 e. The Morgan fingerprint density at radius 2 is 2.32 bits per heavy atom. The highest BCUT2D eigenvalue weighted by Gasteiger charge is 2.26. The van der Waals surface area contributed by atoms with Crippen molar-refractivity contribution in [2.24, 2.45) is 0 Å². The summed E-state index contributed by atoms with van der Waals surface area (Å²) in [6.07, 6.45) is 2.76. The van der Waals surface area contributed by atoms with E-state index in [2.05, 4.69) is 17.4 Å². The molecule has 1 aliphatic carbocycles. The van der Waals surface area contributed by atoms with E-state index in [1.807, 2.05) is 13.0 Å². The molecule has 2 atom stereocenters. The van der Waals surface area contributed by atoms with E-state index in [0.29, 0.717) is 25.6 Å². The number of nitrogens with one attached hydrogen (secondary N) is 1. The van der Waals surface area contributed by atoms with Crippen LogP contribution in [0, 0.1) is 0 Å². The van der Waals surface area contributed by atoms with Crippen molar-refractivity contribution in [3.8, 4) is 0 Å². The molecule has 4 N–H and O–H groups in total. The summed E-state index contributed by atoms with van der Waals surface area (Å²) in [6.45, 7) is 3.00. The molecule has 2 unspecified atom stereocenters. The number of anilines is 1. The van der Waals surface area contributed by atoms with Crippen molar-refractivity contribution in [3.05, 3.63) is 29.3 Å². The Balaban J connectivity index is 1.92. The number of benzene rings is 1. The van der Waals surface area contributed by atoms with Crippen molar-refractivity contribution in [2.45, 2.75) is 37.8 Å². The molecule has 0 spiro atoms. The molecule has 0 saturated heterocycles. The Hall–Kier alpha value is -1.10. The number of fused-ring (bicyclic) bond motifs is 1. The lowest BCUT2D eigenvalue weighted by molar-refractivity contribution is 0.0227. The second kappa shape index (κ2) is 5.90. The van der Waals surface area contributed by atoms with Gasteiger partial charge in [-0.3, -0.25) is 0 Å². The number of methoxy groups -OCH3 is 1. The van der Waals surface area contributed by atoms with Gasteiger partial charge in [-0.25, -0.2) is 0 Å². The monoisotopic (exact) mass is 264 g/mol. The predicted molar refractivity (Wildman–Crippen MR) is 77.0 cm³/mol. The maximum Gasteiger partial charge on any atom is 0.0765 e. The first-order chi connectivity index (χ1) is 9.02. The highest BCUT2D eigenvalue weighted by atomic mass is 16.5. The zero-order chi connectivity index (χ0) is 13.9. The summed E-state index contributed by atoms with van der Waals surface area (Å²) < 4.78 is 5.02. The molecule has 0 amide bonds. The molecule has 0 aliphatic heterocycles. The SMILES string of the molecule is COCCC(C)(O)CNC1CCc2cc(N)ccc21. The fraction of sp³-hybridized carbons (Fsp3) is 0.600. The lowest BCUT2D eigenvalue weighted by Crippen LogP contribution is -2.39. The molecular formula is C15H24N2O2. The number of nitrogens with two attached hydrogens (primary N) is 1. The Morgan fingerprint density at radius 1 is 1.53 bits per heavy atom. The van der Waals surface area contributed by atoms with Crippen molar-refractivity contribution >= 4 is 5.69 Å². The van der Waals surface area contributed by atoms with Crippen LogP contribution in [0.5, 0.6) is 0 Å². The van der Waals surface area contributed by atoms with Gasteiger partial charge in [-0.15, -0.1) is 0 Å². The molecule has 1 aliphatic rings. The number of ether oxygens (including phenoxy) is 1. The molecule has 0 radical (unpaired) electrons. The van der Waals surface area contributed by atoms with E-state index in [0.717, 1.165) is 18.5 Å². The van der Waals surface area contributed by atoms with Gasteiger partial charge in [-0.1, -0.05) is 6.07 Å². The van der Waals surface area contributed by atoms with Gasteiger partial charge >= 0.3 is 0 Å². The normalized spacial score (nSPS) is 21.1. The lowest BCUT2D eigenvalue weighted by Gasteiger charge is -2.26. The second-order valence-electron chi connectivity index (χ2n) is 5.67.